The maximum Gasteiger partial charge on any atom is 0.328 e. The predicted molar refractivity (Wildman–Crippen MR) is 116 cm³/mol. The Morgan fingerprint density at radius 2 is 1.81 bits per heavy atom. The zero-order valence-corrected chi connectivity index (χ0v) is 19.0. The molecule has 2 N–H and O–H groups in total. The third-order valence-corrected chi connectivity index (χ3v) is 6.22. The summed E-state index contributed by atoms with van der Waals surface area (Å²) in [5.41, 5.74) is 0.648. The van der Waals surface area contributed by atoms with Gasteiger partial charge in [0.1, 0.15) is 0 Å². The highest BCUT2D eigenvalue weighted by Gasteiger charge is 2.38. The Bertz CT molecular complexity index is 800. The van der Waals surface area contributed by atoms with Crippen molar-refractivity contribution in [2.24, 2.45) is 11.8 Å². The molecule has 2 aliphatic rings. The highest BCUT2D eigenvalue weighted by molar-refractivity contribution is 6.42. The van der Waals surface area contributed by atoms with E-state index in [1.54, 1.807) is 23.1 Å². The SMILES string of the molecule is CCCC[NH+]1CC2CC(CN(C(=O)c3ccc(Cl)c(Cl)c3)C2)C1.O=C([O-])/C=C\C(=O)O. The van der Waals surface area contributed by atoms with E-state index < -0.39 is 11.9 Å². The van der Waals surface area contributed by atoms with E-state index in [0.29, 0.717) is 39.6 Å². The molecule has 2 saturated heterocycles. The highest BCUT2D eigenvalue weighted by atomic mass is 35.5. The van der Waals surface area contributed by atoms with Crippen LogP contribution in [-0.4, -0.2) is 60.6 Å². The second kappa shape index (κ2) is 12.1. The monoisotopic (exact) mass is 470 g/mol. The molecular weight excluding hydrogens is 443 g/mol. The molecule has 1 amide bonds. The summed E-state index contributed by atoms with van der Waals surface area (Å²) in [5.74, 6) is -1.43. The number of carboxylic acid groups (broad SMARTS) is 2. The maximum absolute atomic E-state index is 12.8. The number of unbranched alkanes of at least 4 members (excludes halogenated alkanes) is 1. The van der Waals surface area contributed by atoms with Crippen LogP contribution in [0.1, 0.15) is 36.5 Å². The number of rotatable bonds is 6. The van der Waals surface area contributed by atoms with Gasteiger partial charge in [0.2, 0.25) is 0 Å². The smallest absolute Gasteiger partial charge is 0.328 e. The third-order valence-electron chi connectivity index (χ3n) is 5.48. The van der Waals surface area contributed by atoms with E-state index in [2.05, 4.69) is 6.92 Å². The lowest BCUT2D eigenvalue weighted by Crippen LogP contribution is -3.15. The fourth-order valence-electron chi connectivity index (χ4n) is 4.26. The van der Waals surface area contributed by atoms with Gasteiger partial charge >= 0.3 is 5.97 Å². The van der Waals surface area contributed by atoms with Gasteiger partial charge in [-0.05, 0) is 37.1 Å². The molecule has 0 saturated carbocycles. The van der Waals surface area contributed by atoms with Crippen molar-refractivity contribution < 1.29 is 29.5 Å². The second-order valence-electron chi connectivity index (χ2n) is 8.06. The molecule has 170 valence electrons. The minimum atomic E-state index is -1.51. The number of aliphatic carboxylic acids is 2. The molecule has 2 aliphatic heterocycles. The Morgan fingerprint density at radius 3 is 2.29 bits per heavy atom. The molecule has 2 bridgehead atoms. The molecule has 31 heavy (non-hydrogen) atoms. The standard InChI is InChI=1S/C18H24Cl2N2O.C4H4O4/c1-2-3-6-21-9-13-7-14(10-21)12-22(11-13)18(23)15-4-5-16(19)17(20)8-15;5-3(6)1-2-4(7)8/h4-5,8,13-14H,2-3,6-7,9-12H2,1H3;1-2H,(H,5,6)(H,7,8)/b;2-1-. The number of halogens is 2. The summed E-state index contributed by atoms with van der Waals surface area (Å²) in [6.45, 7) is 7.71. The van der Waals surface area contributed by atoms with Crippen LogP contribution in [0.5, 0.6) is 0 Å². The molecule has 0 aromatic heterocycles. The zero-order chi connectivity index (χ0) is 23.0. The fourth-order valence-corrected chi connectivity index (χ4v) is 4.56. The number of carbonyl (C=O) groups is 3. The predicted octanol–water partition coefficient (Wildman–Crippen LogP) is 1.15. The van der Waals surface area contributed by atoms with Crippen LogP contribution in [-0.2, 0) is 9.59 Å². The Kier molecular flexibility index (Phi) is 9.81. The van der Waals surface area contributed by atoms with Gasteiger partial charge in [-0.15, -0.1) is 0 Å². The van der Waals surface area contributed by atoms with Crippen LogP contribution in [0.2, 0.25) is 10.0 Å². The molecule has 9 heteroatoms. The normalized spacial score (nSPS) is 22.5. The summed E-state index contributed by atoms with van der Waals surface area (Å²) >= 11 is 12.0. The molecule has 3 rings (SSSR count). The average molecular weight is 471 g/mol. The number of quaternary nitrogens is 1. The van der Waals surface area contributed by atoms with Gasteiger partial charge in [0, 0.05) is 36.6 Å². The number of likely N-dealkylation sites (tertiary alicyclic amines) is 2. The van der Waals surface area contributed by atoms with Gasteiger partial charge in [0.15, 0.2) is 0 Å². The number of fused-ring (bicyclic) bond motifs is 2. The van der Waals surface area contributed by atoms with Gasteiger partial charge in [-0.25, -0.2) is 4.79 Å². The molecule has 2 atom stereocenters. The fraction of sp³-hybridized carbons (Fsp3) is 0.500. The first-order valence-electron chi connectivity index (χ1n) is 10.4. The number of nitrogens with zero attached hydrogens (tertiary/aromatic N) is 1. The van der Waals surface area contributed by atoms with E-state index in [0.717, 1.165) is 13.1 Å². The first-order chi connectivity index (χ1) is 14.7. The van der Waals surface area contributed by atoms with Crippen molar-refractivity contribution in [3.8, 4) is 0 Å². The molecular formula is C22H28Cl2N2O5. The quantitative estimate of drug-likeness (QED) is 0.607. The van der Waals surface area contributed by atoms with Crippen LogP contribution >= 0.6 is 23.2 Å². The minimum absolute atomic E-state index is 0.0928. The summed E-state index contributed by atoms with van der Waals surface area (Å²) in [5, 5.41) is 18.2. The summed E-state index contributed by atoms with van der Waals surface area (Å²) in [4.78, 5) is 35.5. The molecule has 0 radical (unpaired) electrons. The van der Waals surface area contributed by atoms with Gasteiger partial charge in [-0.2, -0.15) is 0 Å². The van der Waals surface area contributed by atoms with Crippen molar-refractivity contribution in [3.63, 3.8) is 0 Å². The van der Waals surface area contributed by atoms with Crippen molar-refractivity contribution in [1.82, 2.24) is 4.90 Å². The zero-order valence-electron chi connectivity index (χ0n) is 17.5. The summed E-state index contributed by atoms with van der Waals surface area (Å²) in [6, 6.07) is 5.17. The number of piperidine rings is 2. The second-order valence-corrected chi connectivity index (χ2v) is 8.87. The molecule has 2 unspecified atom stereocenters. The number of carbonyl (C=O) groups excluding carboxylic acids is 2. The lowest BCUT2D eigenvalue weighted by atomic mass is 9.84. The van der Waals surface area contributed by atoms with Crippen LogP contribution in [0.3, 0.4) is 0 Å². The number of benzene rings is 1. The van der Waals surface area contributed by atoms with E-state index in [-0.39, 0.29) is 5.91 Å². The Balaban J connectivity index is 0.000000366. The molecule has 1 aromatic carbocycles. The van der Waals surface area contributed by atoms with E-state index in [9.17, 15) is 19.5 Å². The number of hydrogen-bond acceptors (Lipinski definition) is 4. The number of hydrogen-bond donors (Lipinski definition) is 2. The van der Waals surface area contributed by atoms with E-state index in [1.807, 2.05) is 4.90 Å². The molecule has 7 nitrogen and oxygen atoms in total. The van der Waals surface area contributed by atoms with E-state index >= 15 is 0 Å². The van der Waals surface area contributed by atoms with Gasteiger partial charge in [-0.3, -0.25) is 4.79 Å². The molecule has 2 heterocycles. The third kappa shape index (κ3) is 8.16. The van der Waals surface area contributed by atoms with Crippen LogP contribution in [0.25, 0.3) is 0 Å². The van der Waals surface area contributed by atoms with Crippen LogP contribution in [0.4, 0.5) is 0 Å². The van der Waals surface area contributed by atoms with Crippen molar-refractivity contribution in [3.05, 3.63) is 46.0 Å². The minimum Gasteiger partial charge on any atom is -0.545 e. The van der Waals surface area contributed by atoms with E-state index in [4.69, 9.17) is 28.3 Å². The molecule has 0 spiro atoms. The summed E-state index contributed by atoms with van der Waals surface area (Å²) in [7, 11) is 0. The van der Waals surface area contributed by atoms with Crippen molar-refractivity contribution in [1.29, 1.82) is 0 Å². The lowest BCUT2D eigenvalue weighted by Gasteiger charge is -2.43. The number of amides is 1. The first-order valence-corrected chi connectivity index (χ1v) is 11.1. The van der Waals surface area contributed by atoms with Crippen molar-refractivity contribution in [2.45, 2.75) is 26.2 Å². The Morgan fingerprint density at radius 1 is 1.16 bits per heavy atom. The lowest BCUT2D eigenvalue weighted by molar-refractivity contribution is -0.913. The van der Waals surface area contributed by atoms with Gasteiger partial charge in [-0.1, -0.05) is 36.5 Å². The molecule has 2 fully saturated rings. The van der Waals surface area contributed by atoms with Crippen molar-refractivity contribution >= 4 is 41.0 Å². The van der Waals surface area contributed by atoms with Crippen LogP contribution in [0, 0.1) is 11.8 Å². The first kappa shape index (κ1) is 25.2. The van der Waals surface area contributed by atoms with Gasteiger partial charge < -0.3 is 24.8 Å². The molecule has 0 aliphatic carbocycles. The van der Waals surface area contributed by atoms with E-state index in [1.165, 1.54) is 38.9 Å². The number of nitrogens with one attached hydrogen (secondary N) is 1. The highest BCUT2D eigenvalue weighted by Crippen LogP contribution is 2.27. The van der Waals surface area contributed by atoms with Crippen LogP contribution < -0.4 is 10.0 Å². The topological polar surface area (TPSA) is 102 Å². The van der Waals surface area contributed by atoms with Crippen molar-refractivity contribution in [2.75, 3.05) is 32.7 Å². The Labute approximate surface area is 192 Å². The summed E-state index contributed by atoms with van der Waals surface area (Å²) < 4.78 is 0. The average Bonchev–Trinajstić information content (AvgIpc) is 2.72. The summed E-state index contributed by atoms with van der Waals surface area (Å²) in [6.07, 6.45) is 4.79. The van der Waals surface area contributed by atoms with Gasteiger partial charge in [0.05, 0.1) is 35.6 Å². The maximum atomic E-state index is 12.8. The number of carboxylic acids is 2. The largest absolute Gasteiger partial charge is 0.545 e. The Hall–Kier alpha value is -2.09. The molecule has 1 aromatic rings. The van der Waals surface area contributed by atoms with Gasteiger partial charge in [0.25, 0.3) is 5.91 Å². The van der Waals surface area contributed by atoms with Crippen LogP contribution in [0.15, 0.2) is 30.4 Å².